The number of fused-ring (bicyclic) bond motifs is 1. The van der Waals surface area contributed by atoms with Crippen molar-refractivity contribution in [3.63, 3.8) is 0 Å². The van der Waals surface area contributed by atoms with E-state index in [9.17, 15) is 0 Å². The molecule has 1 aliphatic carbocycles. The molecule has 0 aromatic rings. The topological polar surface area (TPSA) is 3.24 Å². The molecule has 1 aliphatic heterocycles. The molecule has 1 saturated heterocycles. The maximum Gasteiger partial charge on any atom is 0.0120 e. The first kappa shape index (κ1) is 7.60. The summed E-state index contributed by atoms with van der Waals surface area (Å²) in [6, 6.07) is 0.956. The molecule has 0 unspecified atom stereocenters. The fourth-order valence-electron chi connectivity index (χ4n) is 2.87. The van der Waals surface area contributed by atoms with Crippen LogP contribution in [0.15, 0.2) is 0 Å². The Morgan fingerprint density at radius 2 is 1.73 bits per heavy atom. The van der Waals surface area contributed by atoms with Crippen LogP contribution in [-0.2, 0) is 0 Å². The lowest BCUT2D eigenvalue weighted by atomic mass is 9.79. The minimum atomic E-state index is 0.956. The van der Waals surface area contributed by atoms with Crippen LogP contribution in [0, 0.1) is 5.92 Å². The molecule has 2 fully saturated rings. The Morgan fingerprint density at radius 3 is 2.55 bits per heavy atom. The van der Waals surface area contributed by atoms with E-state index < -0.39 is 0 Å². The van der Waals surface area contributed by atoms with Crippen molar-refractivity contribution >= 4 is 0 Å². The molecule has 0 aromatic heterocycles. The number of nitrogens with zero attached hydrogens (tertiary/aromatic N) is 1. The Labute approximate surface area is 69.8 Å². The highest BCUT2D eigenvalue weighted by Crippen LogP contribution is 2.34. The molecule has 11 heavy (non-hydrogen) atoms. The van der Waals surface area contributed by atoms with Gasteiger partial charge in [-0.3, -0.25) is 0 Å². The fourth-order valence-corrected chi connectivity index (χ4v) is 2.87. The Bertz CT molecular complexity index is 131. The normalized spacial score (nSPS) is 40.1. The van der Waals surface area contributed by atoms with E-state index in [1.807, 2.05) is 0 Å². The standard InChI is InChI=1S/C10H19N/c1-11-8-4-6-9-5-2-3-7-10(9)11/h9-10H,2-8H2,1H3/t9-,10-/m0/s1. The summed E-state index contributed by atoms with van der Waals surface area (Å²) in [5, 5.41) is 0. The summed E-state index contributed by atoms with van der Waals surface area (Å²) in [6.45, 7) is 1.35. The van der Waals surface area contributed by atoms with Gasteiger partial charge < -0.3 is 4.90 Å². The molecule has 2 rings (SSSR count). The Hall–Kier alpha value is -0.0400. The number of rotatable bonds is 0. The lowest BCUT2D eigenvalue weighted by Gasteiger charge is -2.42. The van der Waals surface area contributed by atoms with Crippen LogP contribution < -0.4 is 0 Å². The molecule has 1 nitrogen and oxygen atoms in total. The molecule has 0 bridgehead atoms. The minimum absolute atomic E-state index is 0.956. The van der Waals surface area contributed by atoms with E-state index >= 15 is 0 Å². The van der Waals surface area contributed by atoms with Gasteiger partial charge in [-0.2, -0.15) is 0 Å². The molecule has 2 aliphatic rings. The summed E-state index contributed by atoms with van der Waals surface area (Å²) >= 11 is 0. The lowest BCUT2D eigenvalue weighted by Crippen LogP contribution is -2.44. The predicted molar refractivity (Wildman–Crippen MR) is 47.6 cm³/mol. The summed E-state index contributed by atoms with van der Waals surface area (Å²) in [7, 11) is 2.31. The van der Waals surface area contributed by atoms with E-state index in [0.29, 0.717) is 0 Å². The van der Waals surface area contributed by atoms with Gasteiger partial charge in [0.2, 0.25) is 0 Å². The lowest BCUT2D eigenvalue weighted by molar-refractivity contribution is 0.0841. The molecular formula is C10H19N. The third-order valence-electron chi connectivity index (χ3n) is 3.52. The van der Waals surface area contributed by atoms with Gasteiger partial charge in [0.25, 0.3) is 0 Å². The maximum absolute atomic E-state index is 2.59. The highest BCUT2D eigenvalue weighted by Gasteiger charge is 2.30. The van der Waals surface area contributed by atoms with Crippen molar-refractivity contribution < 1.29 is 0 Å². The third-order valence-corrected chi connectivity index (χ3v) is 3.52. The quantitative estimate of drug-likeness (QED) is 0.516. The second kappa shape index (κ2) is 3.14. The number of likely N-dealkylation sites (tertiary alicyclic amines) is 1. The number of piperidine rings is 1. The Morgan fingerprint density at radius 1 is 1.00 bits per heavy atom. The van der Waals surface area contributed by atoms with Crippen LogP contribution in [0.4, 0.5) is 0 Å². The molecule has 1 heteroatoms. The van der Waals surface area contributed by atoms with Crippen molar-refractivity contribution in [3.8, 4) is 0 Å². The van der Waals surface area contributed by atoms with Gasteiger partial charge in [0.1, 0.15) is 0 Å². The van der Waals surface area contributed by atoms with Gasteiger partial charge in [-0.25, -0.2) is 0 Å². The van der Waals surface area contributed by atoms with Crippen molar-refractivity contribution in [1.29, 1.82) is 0 Å². The van der Waals surface area contributed by atoms with Crippen LogP contribution in [0.3, 0.4) is 0 Å². The predicted octanol–water partition coefficient (Wildman–Crippen LogP) is 2.27. The Kier molecular flexibility index (Phi) is 2.17. The van der Waals surface area contributed by atoms with Gasteiger partial charge in [-0.05, 0) is 45.2 Å². The van der Waals surface area contributed by atoms with Crippen LogP contribution in [0.1, 0.15) is 38.5 Å². The first-order valence-corrected chi connectivity index (χ1v) is 5.08. The highest BCUT2D eigenvalue weighted by atomic mass is 15.1. The van der Waals surface area contributed by atoms with E-state index in [0.717, 1.165) is 12.0 Å². The van der Waals surface area contributed by atoms with Crippen LogP contribution in [-0.4, -0.2) is 24.5 Å². The summed E-state index contributed by atoms with van der Waals surface area (Å²) in [5.74, 6) is 1.06. The van der Waals surface area contributed by atoms with Crippen molar-refractivity contribution in [2.24, 2.45) is 5.92 Å². The van der Waals surface area contributed by atoms with Crippen LogP contribution >= 0.6 is 0 Å². The largest absolute Gasteiger partial charge is 0.303 e. The van der Waals surface area contributed by atoms with Crippen LogP contribution in [0.2, 0.25) is 0 Å². The SMILES string of the molecule is CN1CCC[C@@H]2CCCC[C@@H]21. The first-order valence-electron chi connectivity index (χ1n) is 5.08. The average Bonchev–Trinajstić information content (AvgIpc) is 2.06. The Balaban J connectivity index is 1.99. The summed E-state index contributed by atoms with van der Waals surface area (Å²) in [6.07, 6.45) is 8.91. The zero-order valence-electron chi connectivity index (χ0n) is 7.55. The van der Waals surface area contributed by atoms with E-state index in [1.165, 1.54) is 45.1 Å². The fraction of sp³-hybridized carbons (Fsp3) is 1.00. The highest BCUT2D eigenvalue weighted by molar-refractivity contribution is 4.85. The molecule has 0 spiro atoms. The monoisotopic (exact) mass is 153 g/mol. The molecule has 0 amide bonds. The molecule has 1 heterocycles. The second-order valence-corrected chi connectivity index (χ2v) is 4.23. The van der Waals surface area contributed by atoms with Gasteiger partial charge in [0, 0.05) is 6.04 Å². The molecular weight excluding hydrogens is 134 g/mol. The van der Waals surface area contributed by atoms with E-state index in [-0.39, 0.29) is 0 Å². The molecule has 2 atom stereocenters. The second-order valence-electron chi connectivity index (χ2n) is 4.23. The van der Waals surface area contributed by atoms with Crippen molar-refractivity contribution in [2.75, 3.05) is 13.6 Å². The molecule has 0 radical (unpaired) electrons. The van der Waals surface area contributed by atoms with E-state index in [1.54, 1.807) is 0 Å². The van der Waals surface area contributed by atoms with Crippen molar-refractivity contribution in [2.45, 2.75) is 44.6 Å². The van der Waals surface area contributed by atoms with Gasteiger partial charge in [0.15, 0.2) is 0 Å². The van der Waals surface area contributed by atoms with Gasteiger partial charge in [0.05, 0.1) is 0 Å². The molecule has 64 valence electrons. The van der Waals surface area contributed by atoms with Crippen LogP contribution in [0.5, 0.6) is 0 Å². The first-order chi connectivity index (χ1) is 5.38. The summed E-state index contributed by atoms with van der Waals surface area (Å²) in [5.41, 5.74) is 0. The zero-order chi connectivity index (χ0) is 7.68. The van der Waals surface area contributed by atoms with Gasteiger partial charge >= 0.3 is 0 Å². The maximum atomic E-state index is 2.59. The van der Waals surface area contributed by atoms with E-state index in [2.05, 4.69) is 11.9 Å². The van der Waals surface area contributed by atoms with E-state index in [4.69, 9.17) is 0 Å². The molecule has 1 saturated carbocycles. The van der Waals surface area contributed by atoms with Crippen molar-refractivity contribution in [1.82, 2.24) is 4.90 Å². The van der Waals surface area contributed by atoms with Gasteiger partial charge in [-0.1, -0.05) is 12.8 Å². The van der Waals surface area contributed by atoms with Gasteiger partial charge in [-0.15, -0.1) is 0 Å². The average molecular weight is 153 g/mol. The minimum Gasteiger partial charge on any atom is -0.303 e. The number of hydrogen-bond acceptors (Lipinski definition) is 1. The number of hydrogen-bond donors (Lipinski definition) is 0. The van der Waals surface area contributed by atoms with Crippen LogP contribution in [0.25, 0.3) is 0 Å². The smallest absolute Gasteiger partial charge is 0.0120 e. The summed E-state index contributed by atoms with van der Waals surface area (Å²) in [4.78, 5) is 2.59. The van der Waals surface area contributed by atoms with Crippen molar-refractivity contribution in [3.05, 3.63) is 0 Å². The summed E-state index contributed by atoms with van der Waals surface area (Å²) < 4.78 is 0. The zero-order valence-corrected chi connectivity index (χ0v) is 7.55. The molecule has 0 aromatic carbocycles. The molecule has 0 N–H and O–H groups in total. The third kappa shape index (κ3) is 1.44.